The Morgan fingerprint density at radius 2 is 2.00 bits per heavy atom. The van der Waals surface area contributed by atoms with E-state index in [1.165, 1.54) is 0 Å². The molecule has 4 nitrogen and oxygen atoms in total. The summed E-state index contributed by atoms with van der Waals surface area (Å²) in [6, 6.07) is 0.603. The van der Waals surface area contributed by atoms with Crippen molar-refractivity contribution in [2.24, 2.45) is 0 Å². The van der Waals surface area contributed by atoms with Gasteiger partial charge in [-0.3, -0.25) is 0 Å². The van der Waals surface area contributed by atoms with Crippen LogP contribution in [0.1, 0.15) is 27.2 Å². The highest BCUT2D eigenvalue weighted by atomic mass is 16.7. The number of nitrogens with zero attached hydrogens (tertiary/aromatic N) is 1. The monoisotopic (exact) mass is 230 g/mol. The minimum atomic E-state index is -0.0276. The molecule has 1 aliphatic rings. The van der Waals surface area contributed by atoms with Crippen LogP contribution in [0.25, 0.3) is 0 Å². The van der Waals surface area contributed by atoms with Gasteiger partial charge in [0.05, 0.1) is 0 Å². The van der Waals surface area contributed by atoms with E-state index >= 15 is 0 Å². The van der Waals surface area contributed by atoms with Gasteiger partial charge in [0.1, 0.15) is 0 Å². The van der Waals surface area contributed by atoms with E-state index in [4.69, 9.17) is 9.47 Å². The van der Waals surface area contributed by atoms with Crippen LogP contribution in [0.15, 0.2) is 0 Å². The number of hydrogen-bond donors (Lipinski definition) is 1. The topological polar surface area (TPSA) is 33.7 Å². The second kappa shape index (κ2) is 8.01. The molecule has 1 rings (SSSR count). The highest BCUT2D eigenvalue weighted by Gasteiger charge is 2.17. The maximum atomic E-state index is 5.54. The van der Waals surface area contributed by atoms with Crippen LogP contribution in [0, 0.1) is 0 Å². The van der Waals surface area contributed by atoms with Crippen molar-refractivity contribution in [3.8, 4) is 0 Å². The first-order valence-electron chi connectivity index (χ1n) is 6.45. The van der Waals surface area contributed by atoms with Gasteiger partial charge in [-0.15, -0.1) is 0 Å². The molecule has 0 spiro atoms. The molecule has 0 bridgehead atoms. The number of rotatable bonds is 7. The highest BCUT2D eigenvalue weighted by molar-refractivity contribution is 4.74. The van der Waals surface area contributed by atoms with Crippen LogP contribution in [0.5, 0.6) is 0 Å². The summed E-state index contributed by atoms with van der Waals surface area (Å²) in [6.45, 7) is 12.1. The van der Waals surface area contributed by atoms with Crippen molar-refractivity contribution in [2.45, 2.75) is 39.5 Å². The first-order valence-corrected chi connectivity index (χ1v) is 6.45. The van der Waals surface area contributed by atoms with Crippen LogP contribution in [0.3, 0.4) is 0 Å². The third-order valence-electron chi connectivity index (χ3n) is 2.84. The first kappa shape index (κ1) is 13.9. The fraction of sp³-hybridized carbons (Fsp3) is 1.00. The summed E-state index contributed by atoms with van der Waals surface area (Å²) in [7, 11) is 0. The molecule has 1 atom stereocenters. The summed E-state index contributed by atoms with van der Waals surface area (Å²) in [5, 5.41) is 3.45. The van der Waals surface area contributed by atoms with Gasteiger partial charge in [0.15, 0.2) is 6.29 Å². The van der Waals surface area contributed by atoms with Gasteiger partial charge >= 0.3 is 0 Å². The molecule has 1 N–H and O–H groups in total. The molecule has 4 heteroatoms. The average molecular weight is 230 g/mol. The second-order valence-electron chi connectivity index (χ2n) is 4.28. The van der Waals surface area contributed by atoms with E-state index in [9.17, 15) is 0 Å². The molecule has 1 heterocycles. The normalized spacial score (nSPS) is 22.9. The molecular weight excluding hydrogens is 204 g/mol. The Bertz CT molecular complexity index is 168. The molecule has 0 amide bonds. The lowest BCUT2D eigenvalue weighted by Gasteiger charge is -2.32. The van der Waals surface area contributed by atoms with Crippen LogP contribution < -0.4 is 5.32 Å². The van der Waals surface area contributed by atoms with E-state index in [2.05, 4.69) is 17.1 Å². The molecule has 0 radical (unpaired) electrons. The average Bonchev–Trinajstić information content (AvgIpc) is 2.27. The fourth-order valence-electron chi connectivity index (χ4n) is 2.09. The Morgan fingerprint density at radius 3 is 2.56 bits per heavy atom. The number of piperazine rings is 1. The van der Waals surface area contributed by atoms with Crippen LogP contribution in [0.2, 0.25) is 0 Å². The van der Waals surface area contributed by atoms with E-state index in [0.717, 1.165) is 45.8 Å². The third kappa shape index (κ3) is 5.25. The summed E-state index contributed by atoms with van der Waals surface area (Å²) in [5.74, 6) is 0. The molecule has 1 aliphatic heterocycles. The molecule has 0 aromatic rings. The van der Waals surface area contributed by atoms with Crippen molar-refractivity contribution in [3.63, 3.8) is 0 Å². The molecule has 1 fully saturated rings. The Morgan fingerprint density at radius 1 is 1.31 bits per heavy atom. The van der Waals surface area contributed by atoms with Crippen LogP contribution in [0.4, 0.5) is 0 Å². The largest absolute Gasteiger partial charge is 0.353 e. The van der Waals surface area contributed by atoms with Crippen molar-refractivity contribution >= 4 is 0 Å². The van der Waals surface area contributed by atoms with Gasteiger partial charge in [-0.25, -0.2) is 0 Å². The number of nitrogens with one attached hydrogen (secondary N) is 1. The van der Waals surface area contributed by atoms with Crippen molar-refractivity contribution in [1.29, 1.82) is 0 Å². The van der Waals surface area contributed by atoms with Gasteiger partial charge in [-0.2, -0.15) is 0 Å². The fourth-order valence-corrected chi connectivity index (χ4v) is 2.09. The standard InChI is InChI=1S/C12H26N2O2/c1-4-15-12(16-5-2)6-8-14-9-7-13-11(3)10-14/h11-13H,4-10H2,1-3H3/t11-/m0/s1. The van der Waals surface area contributed by atoms with Gasteiger partial charge in [-0.1, -0.05) is 0 Å². The van der Waals surface area contributed by atoms with E-state index in [1.54, 1.807) is 0 Å². The quantitative estimate of drug-likeness (QED) is 0.663. The Labute approximate surface area is 99.3 Å². The zero-order valence-electron chi connectivity index (χ0n) is 10.9. The van der Waals surface area contributed by atoms with Gasteiger partial charge < -0.3 is 19.7 Å². The van der Waals surface area contributed by atoms with Gasteiger partial charge in [0, 0.05) is 51.9 Å². The molecule has 0 aromatic heterocycles. The highest BCUT2D eigenvalue weighted by Crippen LogP contribution is 2.05. The maximum absolute atomic E-state index is 5.54. The Balaban J connectivity index is 2.19. The zero-order valence-corrected chi connectivity index (χ0v) is 10.9. The Kier molecular flexibility index (Phi) is 6.96. The molecule has 0 aromatic carbocycles. The van der Waals surface area contributed by atoms with Gasteiger partial charge in [0.25, 0.3) is 0 Å². The predicted octanol–water partition coefficient (Wildman–Crippen LogP) is 1.07. The SMILES string of the molecule is CCOC(CCN1CCN[C@@H](C)C1)OCC. The lowest BCUT2D eigenvalue weighted by atomic mass is 10.2. The molecular formula is C12H26N2O2. The van der Waals surface area contributed by atoms with Crippen molar-refractivity contribution < 1.29 is 9.47 Å². The third-order valence-corrected chi connectivity index (χ3v) is 2.84. The van der Waals surface area contributed by atoms with Gasteiger partial charge in [0.2, 0.25) is 0 Å². The van der Waals surface area contributed by atoms with Crippen LogP contribution in [-0.2, 0) is 9.47 Å². The predicted molar refractivity (Wildman–Crippen MR) is 65.6 cm³/mol. The first-order chi connectivity index (χ1) is 7.76. The maximum Gasteiger partial charge on any atom is 0.158 e. The molecule has 16 heavy (non-hydrogen) atoms. The van der Waals surface area contributed by atoms with Crippen LogP contribution in [-0.4, -0.2) is 56.6 Å². The lowest BCUT2D eigenvalue weighted by Crippen LogP contribution is -2.49. The number of hydrogen-bond acceptors (Lipinski definition) is 4. The lowest BCUT2D eigenvalue weighted by molar-refractivity contribution is -0.142. The van der Waals surface area contributed by atoms with Crippen LogP contribution >= 0.6 is 0 Å². The van der Waals surface area contributed by atoms with E-state index in [0.29, 0.717) is 6.04 Å². The van der Waals surface area contributed by atoms with E-state index in [1.807, 2.05) is 13.8 Å². The number of ether oxygens (including phenoxy) is 2. The molecule has 0 aliphatic carbocycles. The van der Waals surface area contributed by atoms with Crippen molar-refractivity contribution in [1.82, 2.24) is 10.2 Å². The minimum Gasteiger partial charge on any atom is -0.353 e. The summed E-state index contributed by atoms with van der Waals surface area (Å²) < 4.78 is 11.1. The molecule has 0 saturated carbocycles. The summed E-state index contributed by atoms with van der Waals surface area (Å²) in [5.41, 5.74) is 0. The smallest absolute Gasteiger partial charge is 0.158 e. The molecule has 96 valence electrons. The summed E-state index contributed by atoms with van der Waals surface area (Å²) >= 11 is 0. The van der Waals surface area contributed by atoms with Crippen molar-refractivity contribution in [2.75, 3.05) is 39.4 Å². The molecule has 1 saturated heterocycles. The van der Waals surface area contributed by atoms with E-state index < -0.39 is 0 Å². The summed E-state index contributed by atoms with van der Waals surface area (Å²) in [4.78, 5) is 2.48. The second-order valence-corrected chi connectivity index (χ2v) is 4.28. The van der Waals surface area contributed by atoms with Gasteiger partial charge in [-0.05, 0) is 20.8 Å². The van der Waals surface area contributed by atoms with E-state index in [-0.39, 0.29) is 6.29 Å². The zero-order chi connectivity index (χ0) is 11.8. The van der Waals surface area contributed by atoms with Crippen molar-refractivity contribution in [3.05, 3.63) is 0 Å². The minimum absolute atomic E-state index is 0.0276. The Hall–Kier alpha value is -0.160. The summed E-state index contributed by atoms with van der Waals surface area (Å²) in [6.07, 6.45) is 0.939. The molecule has 0 unspecified atom stereocenters.